The third-order valence-corrected chi connectivity index (χ3v) is 17.5. The minimum absolute atomic E-state index is 0.00353. The second kappa shape index (κ2) is 52.2. The first-order chi connectivity index (χ1) is 40.8. The summed E-state index contributed by atoms with van der Waals surface area (Å²) in [4.78, 5) is 42.8. The minimum Gasteiger partial charge on any atom is -0.498 e. The Kier molecular flexibility index (Phi) is 52.0. The quantitative estimate of drug-likeness (QED) is 0.0522. The minimum atomic E-state index is -0.533. The van der Waals surface area contributed by atoms with Gasteiger partial charge in [0.05, 0.1) is 51.0 Å². The van der Waals surface area contributed by atoms with Gasteiger partial charge in [-0.05, 0) is 161 Å². The average Bonchev–Trinajstić information content (AvgIpc) is 4.18. The van der Waals surface area contributed by atoms with E-state index in [1.54, 1.807) is 5.57 Å². The van der Waals surface area contributed by atoms with Gasteiger partial charge in [-0.3, -0.25) is 9.59 Å². The number of aliphatic hydroxyl groups excluding tert-OH is 3. The number of rotatable bonds is 27. The number of aliphatic hydroxyl groups is 3. The molecular formula is C74H140O13. The highest BCUT2D eigenvalue weighted by molar-refractivity contribution is 5.80. The predicted molar refractivity (Wildman–Crippen MR) is 359 cm³/mol. The van der Waals surface area contributed by atoms with Gasteiger partial charge in [-0.15, -0.1) is 0 Å². The highest BCUT2D eigenvalue weighted by atomic mass is 16.7. The summed E-state index contributed by atoms with van der Waals surface area (Å²) < 4.78 is 32.6. The number of ether oxygens (including phenoxy) is 6. The van der Waals surface area contributed by atoms with Gasteiger partial charge in [0.15, 0.2) is 18.9 Å². The van der Waals surface area contributed by atoms with Gasteiger partial charge in [0, 0.05) is 56.8 Å². The van der Waals surface area contributed by atoms with Crippen molar-refractivity contribution in [1.82, 2.24) is 0 Å². The van der Waals surface area contributed by atoms with Crippen LogP contribution in [0.1, 0.15) is 274 Å². The van der Waals surface area contributed by atoms with Gasteiger partial charge in [0.1, 0.15) is 30.2 Å². The maximum atomic E-state index is 11.4. The molecule has 0 aromatic carbocycles. The van der Waals surface area contributed by atoms with Crippen LogP contribution in [0.15, 0.2) is 24.0 Å². The number of carbonyl (C=O) groups is 4. The Morgan fingerprint density at radius 1 is 0.540 bits per heavy atom. The normalized spacial score (nSPS) is 23.6. The maximum absolute atomic E-state index is 11.4. The van der Waals surface area contributed by atoms with Crippen molar-refractivity contribution >= 4 is 24.1 Å². The van der Waals surface area contributed by atoms with Gasteiger partial charge in [0.25, 0.3) is 0 Å². The zero-order chi connectivity index (χ0) is 66.6. The number of ketones is 2. The molecule has 3 saturated heterocycles. The summed E-state index contributed by atoms with van der Waals surface area (Å²) in [6, 6.07) is 0. The lowest BCUT2D eigenvalue weighted by Crippen LogP contribution is -2.24. The molecule has 0 amide bonds. The smallest absolute Gasteiger partial charge is 0.158 e. The highest BCUT2D eigenvalue weighted by Crippen LogP contribution is 2.29. The van der Waals surface area contributed by atoms with Crippen molar-refractivity contribution in [1.29, 1.82) is 0 Å². The molecular weight excluding hydrogens is 1100 g/mol. The fourth-order valence-corrected chi connectivity index (χ4v) is 10.1. The van der Waals surface area contributed by atoms with Crippen LogP contribution in [0, 0.1) is 82.9 Å². The summed E-state index contributed by atoms with van der Waals surface area (Å²) in [6.45, 7) is 47.2. The topological polar surface area (TPSA) is 184 Å². The Balaban J connectivity index is 0. The molecule has 1 unspecified atom stereocenters. The number of hydrogen-bond donors (Lipinski definition) is 3. The van der Waals surface area contributed by atoms with Crippen LogP contribution in [0.5, 0.6) is 0 Å². The van der Waals surface area contributed by atoms with Crippen molar-refractivity contribution in [2.45, 2.75) is 317 Å². The lowest BCUT2D eigenvalue weighted by atomic mass is 9.86. The second-order valence-corrected chi connectivity index (χ2v) is 29.0. The molecule has 0 radical (unpaired) electrons. The van der Waals surface area contributed by atoms with E-state index in [0.29, 0.717) is 116 Å². The van der Waals surface area contributed by atoms with Crippen molar-refractivity contribution in [2.75, 3.05) is 26.4 Å². The van der Waals surface area contributed by atoms with E-state index < -0.39 is 6.29 Å². The standard InChI is InChI=1S/C12H24O3.C12H22O3.2C10H20O2.C10H18O2.C10H18O.C10H18/c2*1-9(2)11(13)5-4-10(3)8-12-14-6-7-15-12;1-7(2)9-5-4-8(3)6-10(11)12-9;2*1-8(2)10(12)5-4-9(3)6-7-11;1-8(2)10-5-4-9(3)6-7-11-10;1-8(2)10-6-4-9(3)5-7-10/h9-13H,4-8H2,1-3H3;9-10,12H,4-8H2,1-3H3;7-11H,4-6H2,1-3H3;7-10,12H,4-6H2,1-3H3;7-9H,4-6H2,1-3H3;6-10H,4-5H2,1-3H3;6,8-9H,4-5,7H2,1-3H3/t10-,11+;10-;8-,9+,10?;9-,10+;9-;9-,10+;9-/m1111110/s1. The number of allylic oxidation sites excluding steroid dienone is 3. The van der Waals surface area contributed by atoms with E-state index in [-0.39, 0.29) is 42.7 Å². The first-order valence-corrected chi connectivity index (χ1v) is 34.9. The predicted octanol–water partition coefficient (Wildman–Crippen LogP) is 17.3. The van der Waals surface area contributed by atoms with Crippen molar-refractivity contribution < 1.29 is 62.9 Å². The molecule has 0 aromatic heterocycles. The third-order valence-electron chi connectivity index (χ3n) is 17.5. The zero-order valence-corrected chi connectivity index (χ0v) is 59.9. The van der Waals surface area contributed by atoms with Crippen LogP contribution in [0.25, 0.3) is 0 Å². The van der Waals surface area contributed by atoms with Gasteiger partial charge in [-0.1, -0.05) is 157 Å². The molecule has 514 valence electrons. The van der Waals surface area contributed by atoms with Crippen LogP contribution in [0.2, 0.25) is 0 Å². The molecule has 0 bridgehead atoms. The maximum Gasteiger partial charge on any atom is 0.158 e. The van der Waals surface area contributed by atoms with Crippen molar-refractivity contribution in [3.8, 4) is 0 Å². The molecule has 4 aliphatic heterocycles. The van der Waals surface area contributed by atoms with Gasteiger partial charge < -0.3 is 53.3 Å². The summed E-state index contributed by atoms with van der Waals surface area (Å²) in [6.07, 6.45) is 27.5. The Hall–Kier alpha value is -2.36. The molecule has 1 aliphatic carbocycles. The van der Waals surface area contributed by atoms with Gasteiger partial charge in [0.2, 0.25) is 0 Å². The van der Waals surface area contributed by atoms with Crippen LogP contribution < -0.4 is 0 Å². The zero-order valence-electron chi connectivity index (χ0n) is 59.9. The number of carbonyl (C=O) groups excluding carboxylic acids is 4. The lowest BCUT2D eigenvalue weighted by Gasteiger charge is -2.21. The van der Waals surface area contributed by atoms with Crippen molar-refractivity contribution in [3.05, 3.63) is 24.0 Å². The fraction of sp³-hybridized carbons (Fsp3) is 0.892. The summed E-state index contributed by atoms with van der Waals surface area (Å²) in [7, 11) is 0. The lowest BCUT2D eigenvalue weighted by molar-refractivity contribution is -0.146. The molecule has 5 aliphatic rings. The molecule has 3 N–H and O–H groups in total. The van der Waals surface area contributed by atoms with Crippen LogP contribution in [-0.2, 0) is 47.6 Å². The number of hydrogen-bond acceptors (Lipinski definition) is 13. The molecule has 0 spiro atoms. The van der Waals surface area contributed by atoms with Gasteiger partial charge in [-0.25, -0.2) is 0 Å². The Labute approximate surface area is 535 Å². The van der Waals surface area contributed by atoms with Crippen molar-refractivity contribution in [2.24, 2.45) is 82.9 Å². The molecule has 87 heavy (non-hydrogen) atoms. The Bertz CT molecular complexity index is 1730. The molecule has 13 heteroatoms. The molecule has 12 atom stereocenters. The summed E-state index contributed by atoms with van der Waals surface area (Å²) in [5.41, 5.74) is 1.68. The Morgan fingerprint density at radius 3 is 1.37 bits per heavy atom. The summed E-state index contributed by atoms with van der Waals surface area (Å²) in [5.74, 6) is 7.63. The van der Waals surface area contributed by atoms with Gasteiger partial charge >= 0.3 is 0 Å². The van der Waals surface area contributed by atoms with E-state index in [4.69, 9.17) is 28.4 Å². The van der Waals surface area contributed by atoms with E-state index >= 15 is 0 Å². The van der Waals surface area contributed by atoms with Crippen LogP contribution in [-0.4, -0.2) is 109 Å². The SMILES string of the molecule is CC(C)C(=O)CC[C@@H](C)CC1OCCO1.CC(C)C(=O)CC[C@@H](C)CC=O.CC(C)C1=CC[C@H](C)CC1.CC(C)[C@@H](O)CC[C@@H](C)CC1OCCO1.CC(C)[C@@H](O)CC[C@@H](C)CC=O.CC(C)[C@@H]1CC[C@@H](C)C=CO1.CC(C)[C@@H]1CC[C@@H](C)CC(O)O1. The molecule has 5 rings (SSSR count). The summed E-state index contributed by atoms with van der Waals surface area (Å²) >= 11 is 0. The van der Waals surface area contributed by atoms with Gasteiger partial charge in [-0.2, -0.15) is 0 Å². The molecule has 0 aromatic rings. The van der Waals surface area contributed by atoms with Crippen molar-refractivity contribution in [3.63, 3.8) is 0 Å². The first-order valence-electron chi connectivity index (χ1n) is 34.9. The molecule has 0 saturated carbocycles. The third kappa shape index (κ3) is 48.1. The van der Waals surface area contributed by atoms with E-state index in [1.165, 1.54) is 38.5 Å². The average molecular weight is 1240 g/mol. The first kappa shape index (κ1) is 86.7. The summed E-state index contributed by atoms with van der Waals surface area (Å²) in [5, 5.41) is 28.6. The monoisotopic (exact) mass is 1240 g/mol. The van der Waals surface area contributed by atoms with E-state index in [9.17, 15) is 34.5 Å². The largest absolute Gasteiger partial charge is 0.498 e. The van der Waals surface area contributed by atoms with Crippen LogP contribution in [0.3, 0.4) is 0 Å². The molecule has 3 fully saturated rings. The second-order valence-electron chi connectivity index (χ2n) is 29.0. The van der Waals surface area contributed by atoms with Crippen LogP contribution >= 0.6 is 0 Å². The highest BCUT2D eigenvalue weighted by Gasteiger charge is 2.25. The number of aldehydes is 2. The number of Topliss-reactive ketones (excluding diaryl/α,β-unsaturated/α-hetero) is 2. The molecule has 4 heterocycles. The van der Waals surface area contributed by atoms with Crippen LogP contribution in [0.4, 0.5) is 0 Å². The fourth-order valence-electron chi connectivity index (χ4n) is 10.1. The van der Waals surface area contributed by atoms with E-state index in [1.807, 2.05) is 61.7 Å². The Morgan fingerprint density at radius 2 is 0.966 bits per heavy atom. The van der Waals surface area contributed by atoms with E-state index in [2.05, 4.69) is 102 Å². The molecule has 13 nitrogen and oxygen atoms in total. The van der Waals surface area contributed by atoms with E-state index in [0.717, 1.165) is 102 Å².